The number of aromatic nitrogens is 2. The van der Waals surface area contributed by atoms with E-state index in [-0.39, 0.29) is 5.41 Å². The van der Waals surface area contributed by atoms with Crippen molar-refractivity contribution in [1.82, 2.24) is 9.55 Å². The Labute approximate surface area is 317 Å². The quantitative estimate of drug-likeness (QED) is 0.164. The SMILES string of the molecule is C[C@@H]1C=CC=C(c2c3ccccc3c(C3(C)C=Cc4ccccc4C3)c3ccc(-c4ccc(-n5c(-c6ccccc6)nc6ccccc65)cc4)cc23)[C@@H]1C. The van der Waals surface area contributed by atoms with Gasteiger partial charge in [0.25, 0.3) is 0 Å². The van der Waals surface area contributed by atoms with Crippen LogP contribution in [0.25, 0.3) is 72.4 Å². The minimum absolute atomic E-state index is 0.169. The van der Waals surface area contributed by atoms with Gasteiger partial charge >= 0.3 is 0 Å². The van der Waals surface area contributed by atoms with Gasteiger partial charge in [0.15, 0.2) is 0 Å². The standard InChI is InChI=1S/C52H42N2/c1-34-14-13-21-42(35(34)2)49-43-19-9-10-20-44(43)50(52(3)31-30-36-15-7-8-18-40(36)33-52)45-29-26-39(32-46(45)49)37-24-27-41(28-25-37)54-48-23-12-11-22-47(48)53-51(54)38-16-5-4-6-17-38/h4-32,34-35H,33H2,1-3H3/t34-,35-,52?/m1/s1. The topological polar surface area (TPSA) is 17.8 Å². The van der Waals surface area contributed by atoms with Gasteiger partial charge in [-0.15, -0.1) is 0 Å². The van der Waals surface area contributed by atoms with Crippen LogP contribution in [0.4, 0.5) is 0 Å². The van der Waals surface area contributed by atoms with Gasteiger partial charge in [-0.3, -0.25) is 4.57 Å². The van der Waals surface area contributed by atoms with Crippen LogP contribution in [0.5, 0.6) is 0 Å². The van der Waals surface area contributed by atoms with E-state index in [1.54, 1.807) is 0 Å². The Morgan fingerprint density at radius 2 is 1.35 bits per heavy atom. The summed E-state index contributed by atoms with van der Waals surface area (Å²) in [4.78, 5) is 5.08. The lowest BCUT2D eigenvalue weighted by Gasteiger charge is -2.35. The van der Waals surface area contributed by atoms with Crippen molar-refractivity contribution >= 4 is 44.2 Å². The maximum Gasteiger partial charge on any atom is 0.145 e. The average Bonchev–Trinajstić information content (AvgIpc) is 3.61. The van der Waals surface area contributed by atoms with E-state index in [1.807, 2.05) is 0 Å². The van der Waals surface area contributed by atoms with Crippen molar-refractivity contribution in [1.29, 1.82) is 0 Å². The Morgan fingerprint density at radius 1 is 0.648 bits per heavy atom. The van der Waals surface area contributed by atoms with Crippen LogP contribution in [0.1, 0.15) is 43.0 Å². The second-order valence-electron chi connectivity index (χ2n) is 15.5. The lowest BCUT2D eigenvalue weighted by atomic mass is 9.68. The van der Waals surface area contributed by atoms with Crippen molar-refractivity contribution in [2.45, 2.75) is 32.6 Å². The molecule has 260 valence electrons. The molecule has 2 heteroatoms. The minimum atomic E-state index is -0.169. The fourth-order valence-corrected chi connectivity index (χ4v) is 9.16. The van der Waals surface area contributed by atoms with E-state index in [2.05, 4.69) is 201 Å². The maximum absolute atomic E-state index is 5.08. The van der Waals surface area contributed by atoms with Gasteiger partial charge in [0.05, 0.1) is 11.0 Å². The molecule has 2 aliphatic rings. The van der Waals surface area contributed by atoms with Crippen LogP contribution in [0.15, 0.2) is 170 Å². The molecule has 2 nitrogen and oxygen atoms in total. The molecular weight excluding hydrogens is 653 g/mol. The molecule has 3 atom stereocenters. The van der Waals surface area contributed by atoms with Gasteiger partial charge < -0.3 is 0 Å². The Kier molecular flexibility index (Phi) is 7.63. The van der Waals surface area contributed by atoms with Crippen LogP contribution in [0.2, 0.25) is 0 Å². The number of fused-ring (bicyclic) bond motifs is 4. The summed E-state index contributed by atoms with van der Waals surface area (Å²) in [5.41, 5.74) is 13.5. The average molecular weight is 695 g/mol. The number of hydrogen-bond donors (Lipinski definition) is 0. The van der Waals surface area contributed by atoms with Crippen molar-refractivity contribution in [3.63, 3.8) is 0 Å². The summed E-state index contributed by atoms with van der Waals surface area (Å²) in [6.45, 7) is 7.17. The first kappa shape index (κ1) is 32.4. The summed E-state index contributed by atoms with van der Waals surface area (Å²) in [6, 6.07) is 53.2. The first-order chi connectivity index (χ1) is 26.5. The zero-order valence-corrected chi connectivity index (χ0v) is 31.0. The lowest BCUT2D eigenvalue weighted by Crippen LogP contribution is -2.26. The first-order valence-corrected chi connectivity index (χ1v) is 19.3. The monoisotopic (exact) mass is 694 g/mol. The highest BCUT2D eigenvalue weighted by Crippen LogP contribution is 2.48. The third-order valence-corrected chi connectivity index (χ3v) is 12.1. The summed E-state index contributed by atoms with van der Waals surface area (Å²) in [7, 11) is 0. The number of benzene rings is 7. The second kappa shape index (κ2) is 12.7. The number of para-hydroxylation sites is 2. The van der Waals surface area contributed by atoms with E-state index < -0.39 is 0 Å². The van der Waals surface area contributed by atoms with Gasteiger partial charge in [-0.05, 0) is 109 Å². The lowest BCUT2D eigenvalue weighted by molar-refractivity contribution is 0.569. The number of hydrogen-bond acceptors (Lipinski definition) is 1. The fraction of sp³-hybridized carbons (Fsp3) is 0.135. The van der Waals surface area contributed by atoms with Crippen molar-refractivity contribution in [2.75, 3.05) is 0 Å². The number of rotatable bonds is 5. The van der Waals surface area contributed by atoms with Gasteiger partial charge in [0.1, 0.15) is 5.82 Å². The fourth-order valence-electron chi connectivity index (χ4n) is 9.16. The normalized spacial score (nSPS) is 19.4. The maximum atomic E-state index is 5.08. The van der Waals surface area contributed by atoms with Crippen LogP contribution < -0.4 is 0 Å². The summed E-state index contributed by atoms with van der Waals surface area (Å²) in [5, 5.41) is 5.34. The summed E-state index contributed by atoms with van der Waals surface area (Å²) in [6.07, 6.45) is 12.7. The Morgan fingerprint density at radius 3 is 2.20 bits per heavy atom. The van der Waals surface area contributed by atoms with Crippen LogP contribution in [-0.4, -0.2) is 9.55 Å². The van der Waals surface area contributed by atoms with Gasteiger partial charge in [0.2, 0.25) is 0 Å². The predicted molar refractivity (Wildman–Crippen MR) is 229 cm³/mol. The molecule has 0 aliphatic heterocycles. The summed E-state index contributed by atoms with van der Waals surface area (Å²) >= 11 is 0. The van der Waals surface area contributed by atoms with E-state index in [0.717, 1.165) is 34.5 Å². The van der Waals surface area contributed by atoms with E-state index in [9.17, 15) is 0 Å². The highest BCUT2D eigenvalue weighted by atomic mass is 15.1. The molecule has 0 saturated carbocycles. The van der Waals surface area contributed by atoms with Gasteiger partial charge in [-0.2, -0.15) is 0 Å². The Hall–Kier alpha value is -6.25. The van der Waals surface area contributed by atoms with E-state index >= 15 is 0 Å². The molecule has 0 amide bonds. The Balaban J connectivity index is 1.17. The molecule has 0 radical (unpaired) electrons. The van der Waals surface area contributed by atoms with Crippen LogP contribution >= 0.6 is 0 Å². The highest BCUT2D eigenvalue weighted by Gasteiger charge is 2.33. The molecule has 0 fully saturated rings. The van der Waals surface area contributed by atoms with Gasteiger partial charge in [0, 0.05) is 16.7 Å². The zero-order valence-electron chi connectivity index (χ0n) is 31.0. The Bertz CT molecular complexity index is 2830. The number of allylic oxidation sites excluding steroid dienone is 5. The van der Waals surface area contributed by atoms with Crippen molar-refractivity contribution in [2.24, 2.45) is 11.8 Å². The summed E-state index contributed by atoms with van der Waals surface area (Å²) < 4.78 is 2.29. The number of nitrogens with zero attached hydrogens (tertiary/aromatic N) is 2. The third-order valence-electron chi connectivity index (χ3n) is 12.1. The van der Waals surface area contributed by atoms with E-state index in [4.69, 9.17) is 4.98 Å². The van der Waals surface area contributed by atoms with Gasteiger partial charge in [-0.25, -0.2) is 4.98 Å². The molecule has 2 aliphatic carbocycles. The third kappa shape index (κ3) is 5.20. The molecular formula is C52H42N2. The van der Waals surface area contributed by atoms with Crippen LogP contribution in [-0.2, 0) is 11.8 Å². The van der Waals surface area contributed by atoms with Gasteiger partial charge in [-0.1, -0.05) is 166 Å². The van der Waals surface area contributed by atoms with Crippen LogP contribution in [0.3, 0.4) is 0 Å². The molecule has 1 aromatic heterocycles. The minimum Gasteiger partial charge on any atom is -0.292 e. The van der Waals surface area contributed by atoms with E-state index in [1.165, 1.54) is 60.5 Å². The molecule has 7 aromatic carbocycles. The van der Waals surface area contributed by atoms with Crippen LogP contribution in [0, 0.1) is 11.8 Å². The van der Waals surface area contributed by atoms with Crippen molar-refractivity contribution in [3.8, 4) is 28.2 Å². The molecule has 54 heavy (non-hydrogen) atoms. The molecule has 0 N–H and O–H groups in total. The predicted octanol–water partition coefficient (Wildman–Crippen LogP) is 13.4. The summed E-state index contributed by atoms with van der Waals surface area (Å²) in [5.74, 6) is 1.81. The molecule has 0 saturated heterocycles. The molecule has 8 aromatic rings. The smallest absolute Gasteiger partial charge is 0.145 e. The number of imidazole rings is 1. The second-order valence-corrected chi connectivity index (χ2v) is 15.5. The van der Waals surface area contributed by atoms with Crippen molar-refractivity contribution < 1.29 is 0 Å². The molecule has 0 spiro atoms. The van der Waals surface area contributed by atoms with E-state index in [0.29, 0.717) is 11.8 Å². The molecule has 1 unspecified atom stereocenters. The molecule has 0 bridgehead atoms. The first-order valence-electron chi connectivity index (χ1n) is 19.3. The molecule has 1 heterocycles. The van der Waals surface area contributed by atoms with Crippen molar-refractivity contribution in [3.05, 3.63) is 192 Å². The molecule has 10 rings (SSSR count). The zero-order chi connectivity index (χ0) is 36.4. The highest BCUT2D eigenvalue weighted by molar-refractivity contribution is 6.14. The largest absolute Gasteiger partial charge is 0.292 e.